The van der Waals surface area contributed by atoms with E-state index in [9.17, 15) is 4.79 Å². The summed E-state index contributed by atoms with van der Waals surface area (Å²) in [4.78, 5) is 21.8. The van der Waals surface area contributed by atoms with Crippen LogP contribution >= 0.6 is 0 Å². The summed E-state index contributed by atoms with van der Waals surface area (Å²) in [5.41, 5.74) is 4.39. The molecule has 2 N–H and O–H groups in total. The molecule has 8 nitrogen and oxygen atoms in total. The van der Waals surface area contributed by atoms with E-state index in [2.05, 4.69) is 34.1 Å². The van der Waals surface area contributed by atoms with E-state index in [1.54, 1.807) is 24.5 Å². The molecule has 0 amide bonds. The molecule has 4 heterocycles. The number of aryl methyl sites for hydroxylation is 1. The highest BCUT2D eigenvalue weighted by molar-refractivity contribution is 5.94. The van der Waals surface area contributed by atoms with Crippen LogP contribution in [-0.4, -0.2) is 37.0 Å². The summed E-state index contributed by atoms with van der Waals surface area (Å²) in [7, 11) is 1.95. The van der Waals surface area contributed by atoms with Gasteiger partial charge in [-0.05, 0) is 39.0 Å². The van der Waals surface area contributed by atoms with Crippen molar-refractivity contribution in [2.45, 2.75) is 26.8 Å². The molecule has 0 aliphatic rings. The zero-order chi connectivity index (χ0) is 19.1. The Morgan fingerprint density at radius 3 is 2.74 bits per heavy atom. The number of anilines is 2. The third kappa shape index (κ3) is 2.79. The molecule has 4 aromatic heterocycles. The first kappa shape index (κ1) is 17.0. The molecule has 8 heteroatoms. The number of aromatic nitrogens is 6. The summed E-state index contributed by atoms with van der Waals surface area (Å²) >= 11 is 0. The number of H-pyrrole nitrogens is 2. The quantitative estimate of drug-likeness (QED) is 0.581. The van der Waals surface area contributed by atoms with Crippen LogP contribution in [0.4, 0.5) is 11.5 Å². The van der Waals surface area contributed by atoms with Crippen molar-refractivity contribution in [3.05, 3.63) is 52.7 Å². The molecule has 0 unspecified atom stereocenters. The van der Waals surface area contributed by atoms with Crippen molar-refractivity contribution < 1.29 is 0 Å². The first-order valence-corrected chi connectivity index (χ1v) is 8.78. The van der Waals surface area contributed by atoms with Crippen molar-refractivity contribution in [1.29, 1.82) is 0 Å². The maximum absolute atomic E-state index is 12.3. The van der Waals surface area contributed by atoms with Gasteiger partial charge in [-0.15, -0.1) is 0 Å². The van der Waals surface area contributed by atoms with E-state index in [0.29, 0.717) is 11.3 Å². The molecule has 0 atom stereocenters. The molecule has 0 saturated heterocycles. The second kappa shape index (κ2) is 6.39. The maximum atomic E-state index is 12.3. The predicted molar refractivity (Wildman–Crippen MR) is 105 cm³/mol. The Kier molecular flexibility index (Phi) is 4.02. The maximum Gasteiger partial charge on any atom is 0.257 e. The monoisotopic (exact) mass is 363 g/mol. The second-order valence-corrected chi connectivity index (χ2v) is 6.76. The van der Waals surface area contributed by atoms with Gasteiger partial charge in [-0.25, -0.2) is 4.98 Å². The Morgan fingerprint density at radius 2 is 2.07 bits per heavy atom. The number of hydrogen-bond donors (Lipinski definition) is 2. The summed E-state index contributed by atoms with van der Waals surface area (Å²) < 4.78 is 1.97. The van der Waals surface area contributed by atoms with E-state index in [1.165, 1.54) is 0 Å². The molecule has 4 rings (SSSR count). The van der Waals surface area contributed by atoms with Crippen LogP contribution in [0.3, 0.4) is 0 Å². The molecule has 27 heavy (non-hydrogen) atoms. The standard InChI is InChI=1S/C19H21N7O/c1-11(2)26-18-15(25(4)16-7-9-21-23-16)10-14(22-17(18)12(3)24-26)13-6-5-8-20-19(13)27/h5-11H,1-4H3,(H,20,27)(H,21,23). The van der Waals surface area contributed by atoms with Crippen LogP contribution < -0.4 is 10.5 Å². The average molecular weight is 363 g/mol. The summed E-state index contributed by atoms with van der Waals surface area (Å²) in [6.07, 6.45) is 3.32. The van der Waals surface area contributed by atoms with Gasteiger partial charge in [-0.1, -0.05) is 0 Å². The molecule has 0 radical (unpaired) electrons. The SMILES string of the molecule is Cc1nn(C(C)C)c2c(N(C)c3ccn[nH]3)cc(-c3ccc[nH]c3=O)nc12. The van der Waals surface area contributed by atoms with E-state index < -0.39 is 0 Å². The van der Waals surface area contributed by atoms with E-state index in [1.807, 2.05) is 35.7 Å². The van der Waals surface area contributed by atoms with Crippen LogP contribution in [-0.2, 0) is 0 Å². The molecule has 0 saturated carbocycles. The van der Waals surface area contributed by atoms with Gasteiger partial charge in [0.1, 0.15) is 16.9 Å². The number of rotatable bonds is 4. The van der Waals surface area contributed by atoms with Gasteiger partial charge in [0.25, 0.3) is 5.56 Å². The highest BCUT2D eigenvalue weighted by atomic mass is 16.1. The number of pyridine rings is 2. The highest BCUT2D eigenvalue weighted by Crippen LogP contribution is 2.35. The van der Waals surface area contributed by atoms with Crippen molar-refractivity contribution in [1.82, 2.24) is 29.9 Å². The van der Waals surface area contributed by atoms with Crippen LogP contribution in [0.15, 0.2) is 41.5 Å². The fraction of sp³-hybridized carbons (Fsp3) is 0.263. The number of aromatic amines is 2. The molecule has 138 valence electrons. The molecule has 4 aromatic rings. The Labute approximate surface area is 155 Å². The Bertz CT molecular complexity index is 1150. The van der Waals surface area contributed by atoms with Crippen molar-refractivity contribution >= 4 is 22.5 Å². The summed E-state index contributed by atoms with van der Waals surface area (Å²) in [5, 5.41) is 11.7. The largest absolute Gasteiger partial charge is 0.329 e. The fourth-order valence-corrected chi connectivity index (χ4v) is 3.22. The van der Waals surface area contributed by atoms with Gasteiger partial charge in [-0.3, -0.25) is 14.6 Å². The second-order valence-electron chi connectivity index (χ2n) is 6.76. The zero-order valence-electron chi connectivity index (χ0n) is 15.7. The lowest BCUT2D eigenvalue weighted by Crippen LogP contribution is -2.14. The molecule has 0 aliphatic heterocycles. The molecule has 0 spiro atoms. The third-order valence-corrected chi connectivity index (χ3v) is 4.59. The third-order valence-electron chi connectivity index (χ3n) is 4.59. The van der Waals surface area contributed by atoms with Crippen LogP contribution in [0.25, 0.3) is 22.3 Å². The van der Waals surface area contributed by atoms with E-state index in [4.69, 9.17) is 4.98 Å². The molecular formula is C19H21N7O. The lowest BCUT2D eigenvalue weighted by atomic mass is 10.1. The molecular weight excluding hydrogens is 342 g/mol. The van der Waals surface area contributed by atoms with Gasteiger partial charge in [-0.2, -0.15) is 10.2 Å². The first-order chi connectivity index (χ1) is 13.0. The number of nitrogens with one attached hydrogen (secondary N) is 2. The van der Waals surface area contributed by atoms with Crippen LogP contribution in [0.2, 0.25) is 0 Å². The van der Waals surface area contributed by atoms with Crippen LogP contribution in [0.1, 0.15) is 25.6 Å². The van der Waals surface area contributed by atoms with E-state index in [0.717, 1.165) is 28.2 Å². The van der Waals surface area contributed by atoms with Gasteiger partial charge < -0.3 is 9.88 Å². The van der Waals surface area contributed by atoms with Gasteiger partial charge >= 0.3 is 0 Å². The van der Waals surface area contributed by atoms with Crippen molar-refractivity contribution in [3.8, 4) is 11.3 Å². The van der Waals surface area contributed by atoms with E-state index >= 15 is 0 Å². The first-order valence-electron chi connectivity index (χ1n) is 8.78. The van der Waals surface area contributed by atoms with Gasteiger partial charge in [0.05, 0.1) is 28.8 Å². The minimum absolute atomic E-state index is 0.169. The Balaban J connectivity index is 2.06. The Morgan fingerprint density at radius 1 is 1.26 bits per heavy atom. The topological polar surface area (TPSA) is 95.5 Å². The number of nitrogens with zero attached hydrogens (tertiary/aromatic N) is 5. The summed E-state index contributed by atoms with van der Waals surface area (Å²) in [6, 6.07) is 7.56. The lowest BCUT2D eigenvalue weighted by molar-refractivity contribution is 0.547. The highest BCUT2D eigenvalue weighted by Gasteiger charge is 2.21. The van der Waals surface area contributed by atoms with Crippen molar-refractivity contribution in [2.24, 2.45) is 0 Å². The van der Waals surface area contributed by atoms with Gasteiger partial charge in [0, 0.05) is 25.4 Å². The fourth-order valence-electron chi connectivity index (χ4n) is 3.22. The van der Waals surface area contributed by atoms with Crippen molar-refractivity contribution in [2.75, 3.05) is 11.9 Å². The molecule has 0 aromatic carbocycles. The lowest BCUT2D eigenvalue weighted by Gasteiger charge is -2.20. The zero-order valence-corrected chi connectivity index (χ0v) is 15.7. The molecule has 0 fully saturated rings. The summed E-state index contributed by atoms with van der Waals surface area (Å²) in [5.74, 6) is 0.838. The summed E-state index contributed by atoms with van der Waals surface area (Å²) in [6.45, 7) is 6.11. The molecule has 0 bridgehead atoms. The van der Waals surface area contributed by atoms with Gasteiger partial charge in [0.15, 0.2) is 0 Å². The van der Waals surface area contributed by atoms with Gasteiger partial charge in [0.2, 0.25) is 0 Å². The van der Waals surface area contributed by atoms with Crippen LogP contribution in [0.5, 0.6) is 0 Å². The van der Waals surface area contributed by atoms with Crippen molar-refractivity contribution in [3.63, 3.8) is 0 Å². The molecule has 0 aliphatic carbocycles. The predicted octanol–water partition coefficient (Wildman–Crippen LogP) is 3.17. The number of fused-ring (bicyclic) bond motifs is 1. The number of hydrogen-bond acceptors (Lipinski definition) is 5. The normalized spacial score (nSPS) is 11.4. The van der Waals surface area contributed by atoms with Crippen LogP contribution in [0, 0.1) is 6.92 Å². The smallest absolute Gasteiger partial charge is 0.257 e. The minimum atomic E-state index is -0.173. The minimum Gasteiger partial charge on any atom is -0.329 e. The average Bonchev–Trinajstić information content (AvgIpc) is 3.29. The van der Waals surface area contributed by atoms with E-state index in [-0.39, 0.29) is 11.6 Å². The Hall–Kier alpha value is -3.42.